The SMILES string of the molecule is Cc1ccc(CN2CC3(CCN(C(=O)c4cscn4)C3)C2)s1. The molecular formula is C16H19N3OS2. The van der Waals surface area contributed by atoms with Gasteiger partial charge in [-0.05, 0) is 25.5 Å². The van der Waals surface area contributed by atoms with Crippen molar-refractivity contribution in [2.45, 2.75) is 19.9 Å². The lowest BCUT2D eigenvalue weighted by atomic mass is 9.79. The van der Waals surface area contributed by atoms with Gasteiger partial charge in [0, 0.05) is 53.3 Å². The van der Waals surface area contributed by atoms with Crippen molar-refractivity contribution >= 4 is 28.6 Å². The molecule has 2 saturated heterocycles. The summed E-state index contributed by atoms with van der Waals surface area (Å²) >= 11 is 3.37. The van der Waals surface area contributed by atoms with Gasteiger partial charge in [-0.3, -0.25) is 9.69 Å². The van der Waals surface area contributed by atoms with Crippen molar-refractivity contribution in [1.82, 2.24) is 14.8 Å². The Kier molecular flexibility index (Phi) is 3.55. The first-order valence-corrected chi connectivity index (χ1v) is 9.35. The van der Waals surface area contributed by atoms with Gasteiger partial charge in [-0.25, -0.2) is 4.98 Å². The Labute approximate surface area is 138 Å². The molecule has 0 bridgehead atoms. The van der Waals surface area contributed by atoms with Crippen LogP contribution in [0.15, 0.2) is 23.0 Å². The van der Waals surface area contributed by atoms with Gasteiger partial charge in [-0.2, -0.15) is 0 Å². The molecule has 22 heavy (non-hydrogen) atoms. The zero-order valence-corrected chi connectivity index (χ0v) is 14.3. The molecule has 0 N–H and O–H groups in total. The van der Waals surface area contributed by atoms with Gasteiger partial charge >= 0.3 is 0 Å². The van der Waals surface area contributed by atoms with Crippen molar-refractivity contribution < 1.29 is 4.79 Å². The van der Waals surface area contributed by atoms with E-state index in [1.165, 1.54) is 21.1 Å². The summed E-state index contributed by atoms with van der Waals surface area (Å²) in [5.41, 5.74) is 2.66. The van der Waals surface area contributed by atoms with Crippen LogP contribution in [0.1, 0.15) is 26.7 Å². The molecule has 0 atom stereocenters. The molecule has 2 fully saturated rings. The molecule has 1 amide bonds. The van der Waals surface area contributed by atoms with Gasteiger partial charge in [0.05, 0.1) is 5.51 Å². The van der Waals surface area contributed by atoms with Crippen LogP contribution in [0.3, 0.4) is 0 Å². The zero-order valence-electron chi connectivity index (χ0n) is 12.6. The van der Waals surface area contributed by atoms with E-state index < -0.39 is 0 Å². The zero-order chi connectivity index (χ0) is 15.2. The maximum Gasteiger partial charge on any atom is 0.273 e. The Bertz CT molecular complexity index is 673. The van der Waals surface area contributed by atoms with Crippen LogP contribution in [0.4, 0.5) is 0 Å². The number of thiazole rings is 1. The van der Waals surface area contributed by atoms with E-state index in [1.807, 2.05) is 21.6 Å². The fraction of sp³-hybridized carbons (Fsp3) is 0.500. The predicted molar refractivity (Wildman–Crippen MR) is 89.4 cm³/mol. The highest BCUT2D eigenvalue weighted by Crippen LogP contribution is 2.40. The maximum atomic E-state index is 12.4. The van der Waals surface area contributed by atoms with Gasteiger partial charge in [-0.15, -0.1) is 22.7 Å². The van der Waals surface area contributed by atoms with Crippen molar-refractivity contribution in [2.24, 2.45) is 5.41 Å². The van der Waals surface area contributed by atoms with Crippen molar-refractivity contribution in [3.8, 4) is 0 Å². The molecule has 4 rings (SSSR count). The number of hydrogen-bond donors (Lipinski definition) is 0. The van der Waals surface area contributed by atoms with Crippen LogP contribution >= 0.6 is 22.7 Å². The number of hydrogen-bond acceptors (Lipinski definition) is 5. The molecule has 6 heteroatoms. The van der Waals surface area contributed by atoms with E-state index in [4.69, 9.17) is 0 Å². The predicted octanol–water partition coefficient (Wildman–Crippen LogP) is 2.86. The Morgan fingerprint density at radius 3 is 2.91 bits per heavy atom. The van der Waals surface area contributed by atoms with Crippen LogP contribution in [-0.4, -0.2) is 46.9 Å². The standard InChI is InChI=1S/C16H19N3OS2/c1-12-2-3-13(22-12)6-18-8-16(9-18)4-5-19(10-16)15(20)14-7-21-11-17-14/h2-3,7,11H,4-6,8-10H2,1H3. The molecule has 116 valence electrons. The van der Waals surface area contributed by atoms with Crippen molar-refractivity contribution in [1.29, 1.82) is 0 Å². The Morgan fingerprint density at radius 1 is 1.36 bits per heavy atom. The molecule has 2 aromatic rings. The number of rotatable bonds is 3. The van der Waals surface area contributed by atoms with Crippen molar-refractivity contribution in [3.63, 3.8) is 0 Å². The first-order valence-electron chi connectivity index (χ1n) is 7.59. The Morgan fingerprint density at radius 2 is 2.23 bits per heavy atom. The lowest BCUT2D eigenvalue weighted by Crippen LogP contribution is -2.57. The fourth-order valence-corrected chi connectivity index (χ4v) is 5.11. The van der Waals surface area contributed by atoms with E-state index in [0.29, 0.717) is 11.1 Å². The normalized spacial score (nSPS) is 20.5. The van der Waals surface area contributed by atoms with Gasteiger partial charge < -0.3 is 4.90 Å². The number of carbonyl (C=O) groups is 1. The third kappa shape index (κ3) is 2.59. The van der Waals surface area contributed by atoms with E-state index in [-0.39, 0.29) is 5.91 Å². The number of amides is 1. The number of aryl methyl sites for hydroxylation is 1. The van der Waals surface area contributed by atoms with E-state index in [1.54, 1.807) is 5.51 Å². The molecule has 2 aliphatic heterocycles. The van der Waals surface area contributed by atoms with E-state index in [0.717, 1.165) is 39.1 Å². The minimum atomic E-state index is 0.102. The average molecular weight is 333 g/mol. The van der Waals surface area contributed by atoms with Crippen LogP contribution in [0.5, 0.6) is 0 Å². The first kappa shape index (κ1) is 14.4. The molecular weight excluding hydrogens is 314 g/mol. The van der Waals surface area contributed by atoms with Gasteiger partial charge in [0.25, 0.3) is 5.91 Å². The largest absolute Gasteiger partial charge is 0.337 e. The summed E-state index contributed by atoms with van der Waals surface area (Å²) in [5, 5.41) is 1.85. The monoisotopic (exact) mass is 333 g/mol. The van der Waals surface area contributed by atoms with Crippen LogP contribution in [0, 0.1) is 12.3 Å². The van der Waals surface area contributed by atoms with Gasteiger partial charge in [-0.1, -0.05) is 0 Å². The summed E-state index contributed by atoms with van der Waals surface area (Å²) < 4.78 is 0. The minimum absolute atomic E-state index is 0.102. The number of nitrogens with zero attached hydrogens (tertiary/aromatic N) is 3. The second-order valence-corrected chi connectivity index (χ2v) is 8.60. The molecule has 0 aliphatic carbocycles. The molecule has 0 unspecified atom stereocenters. The van der Waals surface area contributed by atoms with Crippen molar-refractivity contribution in [3.05, 3.63) is 38.5 Å². The summed E-state index contributed by atoms with van der Waals surface area (Å²) in [7, 11) is 0. The molecule has 0 radical (unpaired) electrons. The summed E-state index contributed by atoms with van der Waals surface area (Å²) in [6.07, 6.45) is 1.13. The molecule has 0 aromatic carbocycles. The molecule has 4 heterocycles. The average Bonchev–Trinajstić information content (AvgIpc) is 3.17. The molecule has 0 saturated carbocycles. The molecule has 2 aliphatic rings. The van der Waals surface area contributed by atoms with E-state index in [9.17, 15) is 4.79 Å². The second kappa shape index (κ2) is 5.44. The van der Waals surface area contributed by atoms with Crippen molar-refractivity contribution in [2.75, 3.05) is 26.2 Å². The summed E-state index contributed by atoms with van der Waals surface area (Å²) in [6, 6.07) is 4.43. The Hall–Kier alpha value is -1.24. The lowest BCUT2D eigenvalue weighted by Gasteiger charge is -2.48. The summed E-state index contributed by atoms with van der Waals surface area (Å²) in [5.74, 6) is 0.102. The van der Waals surface area contributed by atoms with Crippen LogP contribution in [0.2, 0.25) is 0 Å². The third-order valence-corrected chi connectivity index (χ3v) is 6.24. The highest BCUT2D eigenvalue weighted by Gasteiger charge is 2.48. The number of aromatic nitrogens is 1. The number of carbonyl (C=O) groups excluding carboxylic acids is 1. The fourth-order valence-electron chi connectivity index (χ4n) is 3.65. The highest BCUT2D eigenvalue weighted by atomic mass is 32.1. The van der Waals surface area contributed by atoms with Crippen LogP contribution < -0.4 is 0 Å². The smallest absolute Gasteiger partial charge is 0.273 e. The highest BCUT2D eigenvalue weighted by molar-refractivity contribution is 7.11. The number of likely N-dealkylation sites (tertiary alicyclic amines) is 2. The summed E-state index contributed by atoms with van der Waals surface area (Å²) in [6.45, 7) is 7.21. The van der Waals surface area contributed by atoms with Gasteiger partial charge in [0.15, 0.2) is 0 Å². The van der Waals surface area contributed by atoms with Crippen LogP contribution in [0.25, 0.3) is 0 Å². The minimum Gasteiger partial charge on any atom is -0.337 e. The van der Waals surface area contributed by atoms with Crippen LogP contribution in [-0.2, 0) is 6.54 Å². The quantitative estimate of drug-likeness (QED) is 0.867. The van der Waals surface area contributed by atoms with E-state index >= 15 is 0 Å². The molecule has 1 spiro atoms. The third-order valence-electron chi connectivity index (χ3n) is 4.67. The topological polar surface area (TPSA) is 36.4 Å². The molecule has 2 aromatic heterocycles. The van der Waals surface area contributed by atoms with E-state index in [2.05, 4.69) is 28.9 Å². The second-order valence-electron chi connectivity index (χ2n) is 6.51. The maximum absolute atomic E-state index is 12.4. The van der Waals surface area contributed by atoms with Gasteiger partial charge in [0.1, 0.15) is 5.69 Å². The molecule has 4 nitrogen and oxygen atoms in total. The number of thiophene rings is 1. The van der Waals surface area contributed by atoms with Gasteiger partial charge in [0.2, 0.25) is 0 Å². The first-order chi connectivity index (χ1) is 10.6. The lowest BCUT2D eigenvalue weighted by molar-refractivity contribution is 0.00326. The summed E-state index contributed by atoms with van der Waals surface area (Å²) in [4.78, 5) is 23.8. The Balaban J connectivity index is 1.33.